The van der Waals surface area contributed by atoms with Gasteiger partial charge in [0.2, 0.25) is 0 Å². The highest BCUT2D eigenvalue weighted by molar-refractivity contribution is 7.15. The number of benzene rings is 1. The maximum atomic E-state index is 12.6. The minimum absolute atomic E-state index is 0.0173. The predicted octanol–water partition coefficient (Wildman–Crippen LogP) is 3.19. The Balaban J connectivity index is 1.48. The van der Waals surface area contributed by atoms with Crippen molar-refractivity contribution < 1.29 is 14.0 Å². The second kappa shape index (κ2) is 6.52. The molecule has 25 heavy (non-hydrogen) atoms. The standard InChI is InChI=1S/C18H15N3O3S/c22-16(13-7-9-24-11-13)20-18-19-14-6-8-21(10-15(14)25-18)17(23)12-4-2-1-3-5-12/h1-5,7,9,11H,6,8,10H2,(H,19,20,22). The largest absolute Gasteiger partial charge is 0.472 e. The molecule has 4 rings (SSSR count). The van der Waals surface area contributed by atoms with Crippen LogP contribution in [-0.4, -0.2) is 28.2 Å². The molecule has 1 aliphatic heterocycles. The number of nitrogens with one attached hydrogen (secondary N) is 1. The molecule has 126 valence electrons. The molecule has 3 heterocycles. The van der Waals surface area contributed by atoms with Gasteiger partial charge in [-0.25, -0.2) is 4.98 Å². The van der Waals surface area contributed by atoms with Crippen molar-refractivity contribution >= 4 is 28.3 Å². The highest BCUT2D eigenvalue weighted by Crippen LogP contribution is 2.29. The summed E-state index contributed by atoms with van der Waals surface area (Å²) in [6, 6.07) is 10.9. The van der Waals surface area contributed by atoms with Crippen molar-refractivity contribution in [1.29, 1.82) is 0 Å². The van der Waals surface area contributed by atoms with Crippen molar-refractivity contribution in [1.82, 2.24) is 9.88 Å². The maximum Gasteiger partial charge on any atom is 0.260 e. The molecule has 1 aliphatic rings. The summed E-state index contributed by atoms with van der Waals surface area (Å²) in [5.74, 6) is -0.235. The number of aromatic nitrogens is 1. The highest BCUT2D eigenvalue weighted by Gasteiger charge is 2.25. The summed E-state index contributed by atoms with van der Waals surface area (Å²) < 4.78 is 4.92. The van der Waals surface area contributed by atoms with Crippen molar-refractivity contribution in [3.63, 3.8) is 0 Å². The fourth-order valence-electron chi connectivity index (χ4n) is 2.75. The number of carbonyl (C=O) groups is 2. The van der Waals surface area contributed by atoms with Gasteiger partial charge < -0.3 is 9.32 Å². The molecule has 0 unspecified atom stereocenters. The Morgan fingerprint density at radius 3 is 2.76 bits per heavy atom. The van der Waals surface area contributed by atoms with E-state index < -0.39 is 0 Å². The molecule has 1 aromatic carbocycles. The van der Waals surface area contributed by atoms with Crippen LogP contribution in [0.4, 0.5) is 5.13 Å². The molecular weight excluding hydrogens is 338 g/mol. The van der Waals surface area contributed by atoms with Gasteiger partial charge in [0.15, 0.2) is 5.13 Å². The van der Waals surface area contributed by atoms with Crippen LogP contribution in [0.15, 0.2) is 53.3 Å². The number of rotatable bonds is 3. The van der Waals surface area contributed by atoms with E-state index in [0.29, 0.717) is 35.8 Å². The second-order valence-corrected chi connectivity index (χ2v) is 6.78. The number of hydrogen-bond acceptors (Lipinski definition) is 5. The lowest BCUT2D eigenvalue weighted by Crippen LogP contribution is -2.35. The number of carbonyl (C=O) groups excluding carboxylic acids is 2. The molecule has 0 saturated carbocycles. The third-order valence-electron chi connectivity index (χ3n) is 4.04. The van der Waals surface area contributed by atoms with Crippen LogP contribution in [0.2, 0.25) is 0 Å². The van der Waals surface area contributed by atoms with Gasteiger partial charge in [-0.1, -0.05) is 29.5 Å². The van der Waals surface area contributed by atoms with E-state index in [1.807, 2.05) is 35.2 Å². The van der Waals surface area contributed by atoms with Crippen molar-refractivity contribution in [2.24, 2.45) is 0 Å². The molecule has 1 N–H and O–H groups in total. The number of furan rings is 1. The van der Waals surface area contributed by atoms with Crippen LogP contribution in [-0.2, 0) is 13.0 Å². The second-order valence-electron chi connectivity index (χ2n) is 5.70. The van der Waals surface area contributed by atoms with Gasteiger partial charge in [0.25, 0.3) is 11.8 Å². The lowest BCUT2D eigenvalue weighted by Gasteiger charge is -2.26. The molecule has 0 fully saturated rings. The molecule has 0 spiro atoms. The highest BCUT2D eigenvalue weighted by atomic mass is 32.1. The lowest BCUT2D eigenvalue weighted by atomic mass is 10.1. The van der Waals surface area contributed by atoms with Crippen LogP contribution < -0.4 is 5.32 Å². The van der Waals surface area contributed by atoms with Crippen molar-refractivity contribution in [2.75, 3.05) is 11.9 Å². The molecule has 3 aromatic rings. The monoisotopic (exact) mass is 353 g/mol. The van der Waals surface area contributed by atoms with Crippen LogP contribution >= 0.6 is 11.3 Å². The molecule has 0 aliphatic carbocycles. The van der Waals surface area contributed by atoms with E-state index in [2.05, 4.69) is 10.3 Å². The summed E-state index contributed by atoms with van der Waals surface area (Å²) in [6.45, 7) is 1.14. The number of fused-ring (bicyclic) bond motifs is 1. The Bertz CT molecular complexity index is 903. The minimum atomic E-state index is -0.253. The van der Waals surface area contributed by atoms with E-state index in [-0.39, 0.29) is 11.8 Å². The van der Waals surface area contributed by atoms with E-state index >= 15 is 0 Å². The molecular formula is C18H15N3O3S. The summed E-state index contributed by atoms with van der Waals surface area (Å²) in [5, 5.41) is 3.33. The number of anilines is 1. The minimum Gasteiger partial charge on any atom is -0.472 e. The van der Waals surface area contributed by atoms with Crippen molar-refractivity contribution in [3.05, 3.63) is 70.6 Å². The molecule has 0 atom stereocenters. The van der Waals surface area contributed by atoms with Gasteiger partial charge in [-0.2, -0.15) is 0 Å². The first-order valence-electron chi connectivity index (χ1n) is 7.87. The van der Waals surface area contributed by atoms with Crippen LogP contribution in [0.3, 0.4) is 0 Å². The first kappa shape index (κ1) is 15.6. The van der Waals surface area contributed by atoms with Gasteiger partial charge >= 0.3 is 0 Å². The molecule has 2 amide bonds. The third kappa shape index (κ3) is 3.18. The van der Waals surface area contributed by atoms with Crippen LogP contribution in [0.5, 0.6) is 0 Å². The SMILES string of the molecule is O=C(Nc1nc2c(s1)CN(C(=O)c1ccccc1)CC2)c1ccoc1. The Morgan fingerprint density at radius 1 is 1.16 bits per heavy atom. The zero-order chi connectivity index (χ0) is 17.2. The smallest absolute Gasteiger partial charge is 0.260 e. The Labute approximate surface area is 148 Å². The predicted molar refractivity (Wildman–Crippen MR) is 93.7 cm³/mol. The van der Waals surface area contributed by atoms with E-state index in [4.69, 9.17) is 4.42 Å². The molecule has 0 radical (unpaired) electrons. The Kier molecular flexibility index (Phi) is 4.07. The van der Waals surface area contributed by atoms with Gasteiger partial charge in [0, 0.05) is 23.4 Å². The van der Waals surface area contributed by atoms with Crippen molar-refractivity contribution in [3.8, 4) is 0 Å². The zero-order valence-electron chi connectivity index (χ0n) is 13.3. The lowest BCUT2D eigenvalue weighted by molar-refractivity contribution is 0.0736. The van der Waals surface area contributed by atoms with Crippen molar-refractivity contribution in [2.45, 2.75) is 13.0 Å². The van der Waals surface area contributed by atoms with Gasteiger partial charge in [0.1, 0.15) is 6.26 Å². The van der Waals surface area contributed by atoms with Gasteiger partial charge in [-0.05, 0) is 18.2 Å². The molecule has 7 heteroatoms. The topological polar surface area (TPSA) is 75.4 Å². The van der Waals surface area contributed by atoms with E-state index in [1.54, 1.807) is 6.07 Å². The van der Waals surface area contributed by atoms with Crippen LogP contribution in [0.25, 0.3) is 0 Å². The molecule has 0 bridgehead atoms. The fraction of sp³-hybridized carbons (Fsp3) is 0.167. The molecule has 0 saturated heterocycles. The number of thiazole rings is 1. The summed E-state index contributed by atoms with van der Waals surface area (Å²) in [5.41, 5.74) is 2.09. The molecule has 2 aromatic heterocycles. The summed E-state index contributed by atoms with van der Waals surface area (Å²) in [7, 11) is 0. The maximum absolute atomic E-state index is 12.6. The van der Waals surface area contributed by atoms with Gasteiger partial charge in [-0.15, -0.1) is 0 Å². The van der Waals surface area contributed by atoms with Gasteiger partial charge in [0.05, 0.1) is 24.1 Å². The van der Waals surface area contributed by atoms with E-state index in [9.17, 15) is 9.59 Å². The summed E-state index contributed by atoms with van der Waals surface area (Å²) in [6.07, 6.45) is 3.53. The quantitative estimate of drug-likeness (QED) is 0.785. The number of nitrogens with zero attached hydrogens (tertiary/aromatic N) is 2. The summed E-state index contributed by atoms with van der Waals surface area (Å²) in [4.78, 5) is 32.0. The Hall–Kier alpha value is -2.93. The first-order valence-corrected chi connectivity index (χ1v) is 8.69. The van der Waals surface area contributed by atoms with Gasteiger partial charge in [-0.3, -0.25) is 14.9 Å². The summed E-state index contributed by atoms with van der Waals surface area (Å²) >= 11 is 1.41. The zero-order valence-corrected chi connectivity index (χ0v) is 14.1. The van der Waals surface area contributed by atoms with Crippen LogP contribution in [0, 0.1) is 0 Å². The van der Waals surface area contributed by atoms with E-state index in [1.165, 1.54) is 23.9 Å². The Morgan fingerprint density at radius 2 is 2.00 bits per heavy atom. The number of hydrogen-bond donors (Lipinski definition) is 1. The normalized spacial score (nSPS) is 13.4. The average Bonchev–Trinajstić information content (AvgIpc) is 3.30. The molecule has 6 nitrogen and oxygen atoms in total. The fourth-order valence-corrected chi connectivity index (χ4v) is 3.77. The van der Waals surface area contributed by atoms with E-state index in [0.717, 1.165) is 10.6 Å². The first-order chi connectivity index (χ1) is 12.2. The average molecular weight is 353 g/mol. The third-order valence-corrected chi connectivity index (χ3v) is 5.04. The van der Waals surface area contributed by atoms with Crippen LogP contribution in [0.1, 0.15) is 31.3 Å². The number of amides is 2.